The van der Waals surface area contributed by atoms with Crippen LogP contribution in [-0.2, 0) is 14.4 Å². The fraction of sp³-hybridized carbons (Fsp3) is 0.500. The standard InChI is InChI=1S/C4H6O4.C2H4O2.Na.H/c5-3(6)1-2-4(7)8;1-2(3)4;;/h1-2H2,(H,5,6)(H,7,8);1H3,(H,3,4);;. The molecule has 0 atom stereocenters. The molecule has 0 saturated carbocycles. The van der Waals surface area contributed by atoms with Crippen LogP contribution in [0.1, 0.15) is 19.8 Å². The van der Waals surface area contributed by atoms with Crippen molar-refractivity contribution in [3.63, 3.8) is 0 Å². The zero-order valence-electron chi connectivity index (χ0n) is 6.48. The Morgan fingerprint density at radius 2 is 1.08 bits per heavy atom. The number of aliphatic carboxylic acids is 3. The molecule has 0 rings (SSSR count). The number of carbonyl (C=O) groups is 3. The summed E-state index contributed by atoms with van der Waals surface area (Å²) < 4.78 is 0. The van der Waals surface area contributed by atoms with Crippen molar-refractivity contribution in [2.45, 2.75) is 19.8 Å². The van der Waals surface area contributed by atoms with Crippen LogP contribution in [0.25, 0.3) is 0 Å². The molecule has 0 aliphatic rings. The molecule has 0 radical (unpaired) electrons. The average molecular weight is 202 g/mol. The van der Waals surface area contributed by atoms with E-state index in [1.165, 1.54) is 0 Å². The molecule has 6 nitrogen and oxygen atoms in total. The van der Waals surface area contributed by atoms with Gasteiger partial charge in [-0.15, -0.1) is 0 Å². The quantitative estimate of drug-likeness (QED) is 0.525. The summed E-state index contributed by atoms with van der Waals surface area (Å²) in [7, 11) is 0. The van der Waals surface area contributed by atoms with Crippen LogP contribution in [0.4, 0.5) is 0 Å². The van der Waals surface area contributed by atoms with Gasteiger partial charge in [0.2, 0.25) is 0 Å². The first-order chi connectivity index (χ1) is 5.36. The van der Waals surface area contributed by atoms with Crippen LogP contribution >= 0.6 is 0 Å². The molecule has 0 aromatic heterocycles. The molecule has 0 aliphatic heterocycles. The fourth-order valence-electron chi connectivity index (χ4n) is 0.214. The van der Waals surface area contributed by atoms with Crippen molar-refractivity contribution in [2.75, 3.05) is 0 Å². The second kappa shape index (κ2) is 11.4. The number of rotatable bonds is 3. The van der Waals surface area contributed by atoms with Crippen LogP contribution in [0.2, 0.25) is 0 Å². The van der Waals surface area contributed by atoms with Gasteiger partial charge in [-0.25, -0.2) is 0 Å². The van der Waals surface area contributed by atoms with E-state index >= 15 is 0 Å². The van der Waals surface area contributed by atoms with Gasteiger partial charge in [-0.3, -0.25) is 14.4 Å². The van der Waals surface area contributed by atoms with Crippen LogP contribution in [0.5, 0.6) is 0 Å². The Kier molecular flexibility index (Phi) is 16.0. The number of hydrogen-bond donors (Lipinski definition) is 3. The second-order valence-electron chi connectivity index (χ2n) is 1.81. The van der Waals surface area contributed by atoms with Crippen molar-refractivity contribution in [1.29, 1.82) is 0 Å². The van der Waals surface area contributed by atoms with E-state index in [1.54, 1.807) is 0 Å². The van der Waals surface area contributed by atoms with Crippen molar-refractivity contribution in [2.24, 2.45) is 0 Å². The van der Waals surface area contributed by atoms with Crippen molar-refractivity contribution < 1.29 is 29.7 Å². The van der Waals surface area contributed by atoms with Crippen LogP contribution in [0.3, 0.4) is 0 Å². The molecular weight excluding hydrogens is 191 g/mol. The van der Waals surface area contributed by atoms with Crippen molar-refractivity contribution in [3.05, 3.63) is 0 Å². The summed E-state index contributed by atoms with van der Waals surface area (Å²) >= 11 is 0. The summed E-state index contributed by atoms with van der Waals surface area (Å²) in [5, 5.41) is 23.2. The van der Waals surface area contributed by atoms with E-state index in [1.807, 2.05) is 0 Å². The first-order valence-electron chi connectivity index (χ1n) is 2.99. The number of hydrogen-bond acceptors (Lipinski definition) is 3. The summed E-state index contributed by atoms with van der Waals surface area (Å²) in [5.74, 6) is -2.99. The predicted molar refractivity (Wildman–Crippen MR) is 45.0 cm³/mol. The average Bonchev–Trinajstić information content (AvgIpc) is 1.82. The van der Waals surface area contributed by atoms with Gasteiger partial charge in [-0.1, -0.05) is 0 Å². The van der Waals surface area contributed by atoms with E-state index in [9.17, 15) is 9.59 Å². The minimum absolute atomic E-state index is 0. The summed E-state index contributed by atoms with van der Waals surface area (Å²) in [6.07, 6.45) is -0.593. The van der Waals surface area contributed by atoms with Crippen LogP contribution in [-0.4, -0.2) is 62.8 Å². The summed E-state index contributed by atoms with van der Waals surface area (Å²) in [6.45, 7) is 1.08. The maximum atomic E-state index is 9.64. The molecule has 0 heterocycles. The third-order valence-corrected chi connectivity index (χ3v) is 0.553. The molecule has 0 amide bonds. The molecular formula is C6H11NaO6. The third-order valence-electron chi connectivity index (χ3n) is 0.553. The Morgan fingerprint density at radius 1 is 0.923 bits per heavy atom. The first-order valence-corrected chi connectivity index (χ1v) is 2.99. The summed E-state index contributed by atoms with van der Waals surface area (Å²) in [6, 6.07) is 0. The molecule has 0 spiro atoms. The molecule has 72 valence electrons. The van der Waals surface area contributed by atoms with Crippen molar-refractivity contribution >= 4 is 47.5 Å². The van der Waals surface area contributed by atoms with Crippen molar-refractivity contribution in [1.82, 2.24) is 0 Å². The van der Waals surface area contributed by atoms with Gasteiger partial charge in [0.05, 0.1) is 12.8 Å². The van der Waals surface area contributed by atoms with E-state index in [4.69, 9.17) is 20.1 Å². The molecule has 13 heavy (non-hydrogen) atoms. The fourth-order valence-corrected chi connectivity index (χ4v) is 0.214. The minimum atomic E-state index is -1.08. The SMILES string of the molecule is CC(=O)O.O=C(O)CCC(=O)O.[NaH]. The Morgan fingerprint density at radius 3 is 1.15 bits per heavy atom. The predicted octanol–water partition coefficient (Wildman–Crippen LogP) is -0.622. The van der Waals surface area contributed by atoms with Gasteiger partial charge in [0.25, 0.3) is 5.97 Å². The Bertz CT molecular complexity index is 160. The maximum absolute atomic E-state index is 9.64. The number of carboxylic acid groups (broad SMARTS) is 3. The summed E-state index contributed by atoms with van der Waals surface area (Å²) in [5.41, 5.74) is 0. The molecule has 0 bridgehead atoms. The normalized spacial score (nSPS) is 7.15. The van der Waals surface area contributed by atoms with E-state index in [-0.39, 0.29) is 42.4 Å². The van der Waals surface area contributed by atoms with Gasteiger partial charge < -0.3 is 15.3 Å². The molecule has 0 fully saturated rings. The first kappa shape index (κ1) is 18.2. The van der Waals surface area contributed by atoms with E-state index in [0.717, 1.165) is 6.92 Å². The van der Waals surface area contributed by atoms with Crippen molar-refractivity contribution in [3.8, 4) is 0 Å². The Balaban J connectivity index is -0.000000173. The zero-order valence-corrected chi connectivity index (χ0v) is 6.48. The van der Waals surface area contributed by atoms with Gasteiger partial charge in [-0.2, -0.15) is 0 Å². The van der Waals surface area contributed by atoms with E-state index < -0.39 is 17.9 Å². The Labute approximate surface area is 96.9 Å². The molecule has 0 saturated heterocycles. The van der Waals surface area contributed by atoms with Crippen LogP contribution < -0.4 is 0 Å². The molecule has 3 N–H and O–H groups in total. The van der Waals surface area contributed by atoms with Gasteiger partial charge >= 0.3 is 41.5 Å². The van der Waals surface area contributed by atoms with Gasteiger partial charge in [0.1, 0.15) is 0 Å². The van der Waals surface area contributed by atoms with Gasteiger partial charge in [0, 0.05) is 6.92 Å². The third kappa shape index (κ3) is 52.0. The molecule has 0 aliphatic carbocycles. The van der Waals surface area contributed by atoms with Crippen LogP contribution in [0, 0.1) is 0 Å². The monoisotopic (exact) mass is 202 g/mol. The van der Waals surface area contributed by atoms with E-state index in [0.29, 0.717) is 0 Å². The second-order valence-corrected chi connectivity index (χ2v) is 1.81. The van der Waals surface area contributed by atoms with E-state index in [2.05, 4.69) is 0 Å². The Hall–Kier alpha value is -0.590. The molecule has 0 aromatic carbocycles. The molecule has 7 heteroatoms. The van der Waals surface area contributed by atoms with Crippen LogP contribution in [0.15, 0.2) is 0 Å². The zero-order chi connectivity index (χ0) is 10.1. The topological polar surface area (TPSA) is 112 Å². The van der Waals surface area contributed by atoms with Gasteiger partial charge in [0.15, 0.2) is 0 Å². The van der Waals surface area contributed by atoms with Gasteiger partial charge in [-0.05, 0) is 0 Å². The number of carboxylic acids is 3. The molecule has 0 aromatic rings. The summed E-state index contributed by atoms with van der Waals surface area (Å²) in [4.78, 5) is 28.3. The molecule has 0 unspecified atom stereocenters.